The van der Waals surface area contributed by atoms with Gasteiger partial charge < -0.3 is 10.6 Å². The van der Waals surface area contributed by atoms with Crippen LogP contribution in [0, 0.1) is 11.3 Å². The van der Waals surface area contributed by atoms with Crippen molar-refractivity contribution >= 4 is 35.3 Å². The average molecular weight is 390 g/mol. The molecule has 2 rings (SSSR count). The van der Waals surface area contributed by atoms with E-state index < -0.39 is 0 Å². The van der Waals surface area contributed by atoms with Gasteiger partial charge in [-0.2, -0.15) is 5.26 Å². The predicted octanol–water partition coefficient (Wildman–Crippen LogP) is 3.40. The standard InChI is InChI=1S/C19H23N3O2S2/c1-3-4-9-21-18(24)12-26-19-16(11-20)15(10-17(23)22-19)13-5-7-14(25-2)8-6-13/h5-8,15H,3-4,9-10,12H2,1-2H3,(H,21,24)(H,22,23)/t15-/m1/s1. The zero-order chi connectivity index (χ0) is 18.9. The van der Waals surface area contributed by atoms with Crippen LogP contribution in [0.5, 0.6) is 0 Å². The number of carbonyl (C=O) groups excluding carboxylic acids is 2. The molecule has 26 heavy (non-hydrogen) atoms. The van der Waals surface area contributed by atoms with Crippen LogP contribution in [0.1, 0.15) is 37.7 Å². The van der Waals surface area contributed by atoms with E-state index in [1.165, 1.54) is 11.8 Å². The highest BCUT2D eigenvalue weighted by molar-refractivity contribution is 8.03. The van der Waals surface area contributed by atoms with Crippen LogP contribution in [0.25, 0.3) is 0 Å². The average Bonchev–Trinajstić information content (AvgIpc) is 2.66. The fourth-order valence-electron chi connectivity index (χ4n) is 2.65. The summed E-state index contributed by atoms with van der Waals surface area (Å²) in [5, 5.41) is 15.7. The number of benzene rings is 1. The van der Waals surface area contributed by atoms with Gasteiger partial charge in [0.05, 0.1) is 22.4 Å². The van der Waals surface area contributed by atoms with Gasteiger partial charge in [-0.25, -0.2) is 0 Å². The van der Waals surface area contributed by atoms with Crippen molar-refractivity contribution in [1.29, 1.82) is 5.26 Å². The largest absolute Gasteiger partial charge is 0.355 e. The molecule has 1 aromatic rings. The number of carbonyl (C=O) groups is 2. The van der Waals surface area contributed by atoms with Crippen molar-refractivity contribution in [3.8, 4) is 6.07 Å². The number of nitrogens with one attached hydrogen (secondary N) is 2. The summed E-state index contributed by atoms with van der Waals surface area (Å²) in [4.78, 5) is 25.2. The molecule has 1 aliphatic rings. The maximum absolute atomic E-state index is 12.1. The Labute approximate surface area is 163 Å². The van der Waals surface area contributed by atoms with Crippen LogP contribution < -0.4 is 10.6 Å². The van der Waals surface area contributed by atoms with E-state index in [1.807, 2.05) is 30.5 Å². The number of rotatable bonds is 8. The van der Waals surface area contributed by atoms with Crippen molar-refractivity contribution < 1.29 is 9.59 Å². The van der Waals surface area contributed by atoms with Gasteiger partial charge in [0.2, 0.25) is 11.8 Å². The zero-order valence-corrected chi connectivity index (χ0v) is 16.6. The van der Waals surface area contributed by atoms with Gasteiger partial charge >= 0.3 is 0 Å². The van der Waals surface area contributed by atoms with Gasteiger partial charge in [0.25, 0.3) is 0 Å². The Morgan fingerprint density at radius 2 is 2.12 bits per heavy atom. The number of unbranched alkanes of at least 4 members (excludes halogenated alkanes) is 1. The summed E-state index contributed by atoms with van der Waals surface area (Å²) >= 11 is 2.86. The molecule has 2 amide bonds. The van der Waals surface area contributed by atoms with Gasteiger partial charge in [0.1, 0.15) is 0 Å². The Hall–Kier alpha value is -1.91. The molecule has 7 heteroatoms. The van der Waals surface area contributed by atoms with Crippen molar-refractivity contribution in [1.82, 2.24) is 10.6 Å². The summed E-state index contributed by atoms with van der Waals surface area (Å²) in [6, 6.07) is 10.2. The van der Waals surface area contributed by atoms with Crippen LogP contribution >= 0.6 is 23.5 Å². The molecule has 138 valence electrons. The summed E-state index contributed by atoms with van der Waals surface area (Å²) in [6.07, 6.45) is 4.20. The fraction of sp³-hybridized carbons (Fsp3) is 0.421. The zero-order valence-electron chi connectivity index (χ0n) is 15.0. The minimum absolute atomic E-state index is 0.0889. The number of amides is 2. The lowest BCUT2D eigenvalue weighted by Gasteiger charge is -2.25. The predicted molar refractivity (Wildman–Crippen MR) is 107 cm³/mol. The summed E-state index contributed by atoms with van der Waals surface area (Å²) in [5.74, 6) is -0.302. The molecule has 0 aliphatic carbocycles. The quantitative estimate of drug-likeness (QED) is 0.526. The van der Waals surface area contributed by atoms with Crippen LogP contribution in [-0.2, 0) is 9.59 Å². The van der Waals surface area contributed by atoms with E-state index >= 15 is 0 Å². The third-order valence-electron chi connectivity index (χ3n) is 4.07. The van der Waals surface area contributed by atoms with E-state index in [0.29, 0.717) is 17.1 Å². The van der Waals surface area contributed by atoms with Gasteiger partial charge in [-0.3, -0.25) is 9.59 Å². The molecule has 1 aliphatic heterocycles. The molecule has 1 aromatic carbocycles. The van der Waals surface area contributed by atoms with Crippen LogP contribution in [0.3, 0.4) is 0 Å². The normalized spacial score (nSPS) is 16.8. The first-order valence-corrected chi connectivity index (χ1v) is 10.8. The number of nitriles is 1. The number of allylic oxidation sites excluding steroid dienone is 1. The molecule has 1 atom stereocenters. The van der Waals surface area contributed by atoms with Crippen molar-refractivity contribution in [2.75, 3.05) is 18.6 Å². The summed E-state index contributed by atoms with van der Waals surface area (Å²) < 4.78 is 0. The van der Waals surface area contributed by atoms with E-state index in [2.05, 4.69) is 23.6 Å². The lowest BCUT2D eigenvalue weighted by atomic mass is 9.87. The third-order valence-corrected chi connectivity index (χ3v) is 5.84. The lowest BCUT2D eigenvalue weighted by molar-refractivity contribution is -0.121. The Balaban J connectivity index is 2.14. The van der Waals surface area contributed by atoms with Gasteiger partial charge in [-0.15, -0.1) is 11.8 Å². The van der Waals surface area contributed by atoms with E-state index in [4.69, 9.17) is 0 Å². The highest BCUT2D eigenvalue weighted by Crippen LogP contribution is 2.36. The Morgan fingerprint density at radius 3 is 2.73 bits per heavy atom. The van der Waals surface area contributed by atoms with Gasteiger partial charge in [0.15, 0.2) is 0 Å². The number of nitrogens with zero attached hydrogens (tertiary/aromatic N) is 1. The number of hydrogen-bond donors (Lipinski definition) is 2. The van der Waals surface area contributed by atoms with Crippen LogP contribution in [0.15, 0.2) is 39.8 Å². The maximum Gasteiger partial charge on any atom is 0.230 e. The van der Waals surface area contributed by atoms with Gasteiger partial charge in [-0.05, 0) is 30.4 Å². The monoisotopic (exact) mass is 389 g/mol. The van der Waals surface area contributed by atoms with Crippen molar-refractivity contribution in [2.45, 2.75) is 37.0 Å². The Kier molecular flexibility index (Phi) is 8.07. The number of thioether (sulfide) groups is 2. The molecule has 0 saturated heterocycles. The summed E-state index contributed by atoms with van der Waals surface area (Å²) in [6.45, 7) is 2.71. The fourth-order valence-corrected chi connectivity index (χ4v) is 3.96. The second-order valence-electron chi connectivity index (χ2n) is 5.92. The Morgan fingerprint density at radius 1 is 1.38 bits per heavy atom. The highest BCUT2D eigenvalue weighted by Gasteiger charge is 2.29. The first-order valence-electron chi connectivity index (χ1n) is 8.56. The van der Waals surface area contributed by atoms with Gasteiger partial charge in [-0.1, -0.05) is 37.2 Å². The summed E-state index contributed by atoms with van der Waals surface area (Å²) in [5.41, 5.74) is 1.47. The van der Waals surface area contributed by atoms with E-state index in [-0.39, 0.29) is 29.9 Å². The van der Waals surface area contributed by atoms with Crippen LogP contribution in [-0.4, -0.2) is 30.4 Å². The van der Waals surface area contributed by atoms with Crippen LogP contribution in [0.2, 0.25) is 0 Å². The lowest BCUT2D eigenvalue weighted by Crippen LogP contribution is -2.32. The molecule has 0 spiro atoms. The minimum atomic E-state index is -0.268. The molecule has 1 heterocycles. The first kappa shape index (κ1) is 20.4. The highest BCUT2D eigenvalue weighted by atomic mass is 32.2. The molecule has 0 aromatic heterocycles. The topological polar surface area (TPSA) is 82.0 Å². The van der Waals surface area contributed by atoms with Gasteiger partial charge in [0, 0.05) is 23.8 Å². The second-order valence-corrected chi connectivity index (χ2v) is 7.79. The third kappa shape index (κ3) is 5.55. The minimum Gasteiger partial charge on any atom is -0.355 e. The smallest absolute Gasteiger partial charge is 0.230 e. The van der Waals surface area contributed by atoms with E-state index in [1.54, 1.807) is 11.8 Å². The molecule has 2 N–H and O–H groups in total. The van der Waals surface area contributed by atoms with Crippen LogP contribution in [0.4, 0.5) is 0 Å². The summed E-state index contributed by atoms with van der Waals surface area (Å²) in [7, 11) is 0. The maximum atomic E-state index is 12.1. The molecule has 0 fully saturated rings. The molecule has 5 nitrogen and oxygen atoms in total. The van der Waals surface area contributed by atoms with Crippen molar-refractivity contribution in [3.63, 3.8) is 0 Å². The molecule has 0 unspecified atom stereocenters. The van der Waals surface area contributed by atoms with E-state index in [0.717, 1.165) is 23.3 Å². The molecule has 0 bridgehead atoms. The van der Waals surface area contributed by atoms with E-state index in [9.17, 15) is 14.9 Å². The van der Waals surface area contributed by atoms with Crippen molar-refractivity contribution in [3.05, 3.63) is 40.4 Å². The molecular formula is C19H23N3O2S2. The number of hydrogen-bond acceptors (Lipinski definition) is 5. The second kappa shape index (κ2) is 10.3. The Bertz CT molecular complexity index is 723. The molecular weight excluding hydrogens is 366 g/mol. The first-order chi connectivity index (χ1) is 12.6. The van der Waals surface area contributed by atoms with Crippen molar-refractivity contribution in [2.24, 2.45) is 0 Å². The molecule has 0 radical (unpaired) electrons. The molecule has 0 saturated carbocycles. The SMILES string of the molecule is CCCCNC(=O)CSC1=C(C#N)[C@@H](c2ccc(SC)cc2)CC(=O)N1.